The number of thiophene rings is 1. The van der Waals surface area contributed by atoms with Crippen molar-refractivity contribution in [2.24, 2.45) is 0 Å². The fourth-order valence-corrected chi connectivity index (χ4v) is 2.16. The highest BCUT2D eigenvalue weighted by atomic mass is 32.1. The second-order valence-corrected chi connectivity index (χ2v) is 5.29. The van der Waals surface area contributed by atoms with Gasteiger partial charge in [-0.1, -0.05) is 6.07 Å². The summed E-state index contributed by atoms with van der Waals surface area (Å²) in [6, 6.07) is 2.11. The van der Waals surface area contributed by atoms with Crippen molar-refractivity contribution in [3.63, 3.8) is 0 Å². The van der Waals surface area contributed by atoms with Gasteiger partial charge in [-0.2, -0.15) is 0 Å². The fourth-order valence-electron chi connectivity index (χ4n) is 1.47. The molecule has 1 aromatic rings. The number of hydrogen-bond donors (Lipinski definition) is 3. The van der Waals surface area contributed by atoms with Crippen molar-refractivity contribution in [2.75, 3.05) is 13.6 Å². The highest BCUT2D eigenvalue weighted by molar-refractivity contribution is 7.09. The van der Waals surface area contributed by atoms with E-state index in [1.807, 2.05) is 17.5 Å². The van der Waals surface area contributed by atoms with Crippen molar-refractivity contribution in [1.29, 1.82) is 0 Å². The maximum absolute atomic E-state index is 11.8. The van der Waals surface area contributed by atoms with Crippen LogP contribution in [-0.4, -0.2) is 52.9 Å². The van der Waals surface area contributed by atoms with Gasteiger partial charge in [-0.25, -0.2) is 9.59 Å². The van der Waals surface area contributed by atoms with Gasteiger partial charge in [-0.05, 0) is 24.8 Å². The monoisotopic (exact) mass is 286 g/mol. The summed E-state index contributed by atoms with van der Waals surface area (Å²) in [4.78, 5) is 25.2. The second-order valence-electron chi connectivity index (χ2n) is 4.26. The predicted octanol–water partition coefficient (Wildman–Crippen LogP) is 0.766. The number of likely N-dealkylation sites (N-methyl/N-ethyl adjacent to an activating group) is 1. The van der Waals surface area contributed by atoms with E-state index < -0.39 is 24.1 Å². The number of aliphatic carboxylic acids is 1. The van der Waals surface area contributed by atoms with Gasteiger partial charge in [0.15, 0.2) is 6.04 Å². The van der Waals surface area contributed by atoms with Crippen LogP contribution in [-0.2, 0) is 11.2 Å². The Hall–Kier alpha value is -1.60. The number of aliphatic hydroxyl groups excluding tert-OH is 1. The Kier molecular flexibility index (Phi) is 5.78. The summed E-state index contributed by atoms with van der Waals surface area (Å²) >= 11 is 1.61. The molecule has 0 saturated carbocycles. The van der Waals surface area contributed by atoms with Crippen LogP contribution in [0.15, 0.2) is 17.5 Å². The molecule has 0 bridgehead atoms. The zero-order chi connectivity index (χ0) is 14.4. The quantitative estimate of drug-likeness (QED) is 0.720. The second kappa shape index (κ2) is 7.10. The van der Waals surface area contributed by atoms with E-state index in [-0.39, 0.29) is 0 Å². The number of amides is 2. The molecule has 1 heterocycles. The van der Waals surface area contributed by atoms with Crippen molar-refractivity contribution in [1.82, 2.24) is 10.2 Å². The Labute approximate surface area is 115 Å². The number of carbonyl (C=O) groups excluding carboxylic acids is 1. The average Bonchev–Trinajstić information content (AvgIpc) is 2.84. The number of aliphatic hydroxyl groups is 1. The zero-order valence-electron chi connectivity index (χ0n) is 10.9. The first kappa shape index (κ1) is 15.5. The third-order valence-corrected chi connectivity index (χ3v) is 3.58. The Morgan fingerprint density at radius 1 is 1.53 bits per heavy atom. The molecular weight excluding hydrogens is 268 g/mol. The Bertz CT molecular complexity index is 419. The van der Waals surface area contributed by atoms with Gasteiger partial charge < -0.3 is 20.4 Å². The standard InChI is InChI=1S/C12H18N2O4S/c1-8(15)10(11(16)17)13-12(18)14(2)6-5-9-4-3-7-19-9/h3-4,7-8,10,15H,5-6H2,1-2H3,(H,13,18)(H,16,17)/t8-,10+/m1/s1. The van der Waals surface area contributed by atoms with Crippen LogP contribution in [0.2, 0.25) is 0 Å². The van der Waals surface area contributed by atoms with Gasteiger partial charge in [0.05, 0.1) is 6.10 Å². The highest BCUT2D eigenvalue weighted by Crippen LogP contribution is 2.09. The number of hydrogen-bond acceptors (Lipinski definition) is 4. The van der Waals surface area contributed by atoms with Crippen LogP contribution in [0.4, 0.5) is 4.79 Å². The lowest BCUT2D eigenvalue weighted by molar-refractivity contribution is -0.141. The first-order valence-electron chi connectivity index (χ1n) is 5.86. The maximum atomic E-state index is 11.8. The summed E-state index contributed by atoms with van der Waals surface area (Å²) in [5.74, 6) is -1.25. The van der Waals surface area contributed by atoms with E-state index in [9.17, 15) is 14.7 Å². The van der Waals surface area contributed by atoms with Crippen molar-refractivity contribution in [2.45, 2.75) is 25.5 Å². The zero-order valence-corrected chi connectivity index (χ0v) is 11.7. The third kappa shape index (κ3) is 4.88. The topological polar surface area (TPSA) is 89.9 Å². The third-order valence-electron chi connectivity index (χ3n) is 2.65. The van der Waals surface area contributed by atoms with Gasteiger partial charge in [0, 0.05) is 18.5 Å². The number of rotatable bonds is 6. The van der Waals surface area contributed by atoms with Gasteiger partial charge in [-0.15, -0.1) is 11.3 Å². The van der Waals surface area contributed by atoms with Gasteiger partial charge in [-0.3, -0.25) is 0 Å². The molecule has 19 heavy (non-hydrogen) atoms. The first-order valence-corrected chi connectivity index (χ1v) is 6.74. The van der Waals surface area contributed by atoms with Gasteiger partial charge in [0.1, 0.15) is 0 Å². The lowest BCUT2D eigenvalue weighted by atomic mass is 10.2. The smallest absolute Gasteiger partial charge is 0.328 e. The molecule has 3 N–H and O–H groups in total. The largest absolute Gasteiger partial charge is 0.480 e. The average molecular weight is 286 g/mol. The van der Waals surface area contributed by atoms with Crippen LogP contribution in [0.5, 0.6) is 0 Å². The van der Waals surface area contributed by atoms with Crippen LogP contribution >= 0.6 is 11.3 Å². The van der Waals surface area contributed by atoms with Gasteiger partial charge in [0.25, 0.3) is 0 Å². The number of carboxylic acids is 1. The minimum absolute atomic E-state index is 0.485. The van der Waals surface area contributed by atoms with E-state index in [0.717, 1.165) is 4.88 Å². The summed E-state index contributed by atoms with van der Waals surface area (Å²) in [5.41, 5.74) is 0. The van der Waals surface area contributed by atoms with Crippen LogP contribution in [0.1, 0.15) is 11.8 Å². The Morgan fingerprint density at radius 2 is 2.21 bits per heavy atom. The molecule has 0 aliphatic rings. The molecule has 106 valence electrons. The minimum Gasteiger partial charge on any atom is -0.480 e. The summed E-state index contributed by atoms with van der Waals surface area (Å²) in [6.07, 6.45) is -0.430. The molecule has 0 aliphatic carbocycles. The fraction of sp³-hybridized carbons (Fsp3) is 0.500. The van der Waals surface area contributed by atoms with Crippen molar-refractivity contribution in [3.05, 3.63) is 22.4 Å². The minimum atomic E-state index is -1.29. The van der Waals surface area contributed by atoms with E-state index in [0.29, 0.717) is 13.0 Å². The molecule has 0 saturated heterocycles. The Balaban J connectivity index is 2.45. The number of carbonyl (C=O) groups is 2. The molecule has 0 fully saturated rings. The Morgan fingerprint density at radius 3 is 2.68 bits per heavy atom. The lowest BCUT2D eigenvalue weighted by Crippen LogP contribution is -2.51. The van der Waals surface area contributed by atoms with E-state index in [2.05, 4.69) is 5.32 Å². The van der Waals surface area contributed by atoms with Crippen molar-refractivity contribution < 1.29 is 19.8 Å². The van der Waals surface area contributed by atoms with E-state index >= 15 is 0 Å². The predicted molar refractivity (Wildman–Crippen MR) is 72.3 cm³/mol. The molecule has 0 spiro atoms. The first-order chi connectivity index (χ1) is 8.91. The van der Waals surface area contributed by atoms with Crippen LogP contribution < -0.4 is 5.32 Å². The van der Waals surface area contributed by atoms with Gasteiger partial charge >= 0.3 is 12.0 Å². The molecular formula is C12H18N2O4S. The van der Waals surface area contributed by atoms with Crippen molar-refractivity contribution >= 4 is 23.3 Å². The van der Waals surface area contributed by atoms with E-state index in [4.69, 9.17) is 5.11 Å². The summed E-state index contributed by atoms with van der Waals surface area (Å²) in [5, 5.41) is 22.4. The molecule has 0 radical (unpaired) electrons. The highest BCUT2D eigenvalue weighted by Gasteiger charge is 2.26. The SMILES string of the molecule is C[C@@H](O)[C@H](NC(=O)N(C)CCc1cccs1)C(=O)O. The number of nitrogens with zero attached hydrogens (tertiary/aromatic N) is 1. The molecule has 0 unspecified atom stereocenters. The number of nitrogens with one attached hydrogen (secondary N) is 1. The molecule has 1 aromatic heterocycles. The van der Waals surface area contributed by atoms with Crippen LogP contribution in [0, 0.1) is 0 Å². The van der Waals surface area contributed by atoms with Gasteiger partial charge in [0.2, 0.25) is 0 Å². The van der Waals surface area contributed by atoms with Crippen LogP contribution in [0.25, 0.3) is 0 Å². The number of carboxylic acid groups (broad SMARTS) is 1. The normalized spacial score (nSPS) is 13.6. The molecule has 1 rings (SSSR count). The molecule has 7 heteroatoms. The van der Waals surface area contributed by atoms with Crippen LogP contribution in [0.3, 0.4) is 0 Å². The molecule has 2 atom stereocenters. The summed E-state index contributed by atoms with van der Waals surface area (Å²) in [7, 11) is 1.59. The van der Waals surface area contributed by atoms with Crippen molar-refractivity contribution in [3.8, 4) is 0 Å². The van der Waals surface area contributed by atoms with E-state index in [1.165, 1.54) is 11.8 Å². The summed E-state index contributed by atoms with van der Waals surface area (Å²) in [6.45, 7) is 1.81. The molecule has 0 aliphatic heterocycles. The maximum Gasteiger partial charge on any atom is 0.328 e. The molecule has 0 aromatic carbocycles. The molecule has 2 amide bonds. The molecule has 6 nitrogen and oxygen atoms in total. The lowest BCUT2D eigenvalue weighted by Gasteiger charge is -2.22. The van der Waals surface area contributed by atoms with E-state index in [1.54, 1.807) is 18.4 Å². The summed E-state index contributed by atoms with van der Waals surface area (Å²) < 4.78 is 0. The number of urea groups is 1.